The van der Waals surface area contributed by atoms with Crippen LogP contribution in [0.15, 0.2) is 0 Å². The lowest BCUT2D eigenvalue weighted by Gasteiger charge is -2.08. The van der Waals surface area contributed by atoms with E-state index in [0.29, 0.717) is 12.5 Å². The van der Waals surface area contributed by atoms with Crippen molar-refractivity contribution in [2.75, 3.05) is 19.8 Å². The molecule has 2 N–H and O–H groups in total. The summed E-state index contributed by atoms with van der Waals surface area (Å²) in [7, 11) is 0. The fourth-order valence-corrected chi connectivity index (χ4v) is 1.61. The molecule has 0 aromatic carbocycles. The van der Waals surface area contributed by atoms with Gasteiger partial charge in [0.25, 0.3) is 0 Å². The molecule has 1 aliphatic rings. The summed E-state index contributed by atoms with van der Waals surface area (Å²) in [6.07, 6.45) is 2.79. The molecule has 1 fully saturated rings. The van der Waals surface area contributed by atoms with Crippen LogP contribution in [0.5, 0.6) is 0 Å². The van der Waals surface area contributed by atoms with Gasteiger partial charge >= 0.3 is 0 Å². The summed E-state index contributed by atoms with van der Waals surface area (Å²) >= 11 is 0. The van der Waals surface area contributed by atoms with Crippen molar-refractivity contribution < 1.29 is 9.50 Å². The zero-order valence-electron chi connectivity index (χ0n) is 6.72. The number of halogens is 1. The van der Waals surface area contributed by atoms with Crippen LogP contribution in [-0.4, -0.2) is 31.0 Å². The minimum atomic E-state index is -0.296. The maximum Gasteiger partial charge on any atom is 0.102 e. The average molecular weight is 161 g/mol. The van der Waals surface area contributed by atoms with E-state index in [9.17, 15) is 4.39 Å². The third-order valence-corrected chi connectivity index (χ3v) is 2.22. The molecule has 11 heavy (non-hydrogen) atoms. The molecule has 3 heteroatoms. The summed E-state index contributed by atoms with van der Waals surface area (Å²) in [4.78, 5) is 0. The molecule has 0 saturated heterocycles. The standard InChI is InChI=1S/C8H16FNO/c9-3-4-10-6-7-1-2-8(11)5-7/h7-8,10-11H,1-6H2. The summed E-state index contributed by atoms with van der Waals surface area (Å²) in [6, 6.07) is 0. The second-order valence-corrected chi connectivity index (χ2v) is 3.23. The number of aliphatic hydroxyl groups is 1. The van der Waals surface area contributed by atoms with Crippen molar-refractivity contribution >= 4 is 0 Å². The lowest BCUT2D eigenvalue weighted by Crippen LogP contribution is -2.23. The summed E-state index contributed by atoms with van der Waals surface area (Å²) in [6.45, 7) is 1.02. The Hall–Kier alpha value is -0.150. The first-order valence-corrected chi connectivity index (χ1v) is 4.27. The van der Waals surface area contributed by atoms with Gasteiger partial charge in [0.1, 0.15) is 6.67 Å². The van der Waals surface area contributed by atoms with Crippen molar-refractivity contribution in [2.24, 2.45) is 5.92 Å². The van der Waals surface area contributed by atoms with Crippen LogP contribution in [0, 0.1) is 5.92 Å². The molecule has 0 spiro atoms. The second-order valence-electron chi connectivity index (χ2n) is 3.23. The quantitative estimate of drug-likeness (QED) is 0.595. The third kappa shape index (κ3) is 3.16. The van der Waals surface area contributed by atoms with E-state index in [1.54, 1.807) is 0 Å². The molecule has 0 aromatic rings. The van der Waals surface area contributed by atoms with E-state index in [0.717, 1.165) is 25.8 Å². The molecule has 2 atom stereocenters. The number of hydrogen-bond donors (Lipinski definition) is 2. The van der Waals surface area contributed by atoms with Crippen LogP contribution in [0.4, 0.5) is 4.39 Å². The highest BCUT2D eigenvalue weighted by atomic mass is 19.1. The Kier molecular flexibility index (Phi) is 3.80. The van der Waals surface area contributed by atoms with Gasteiger partial charge in [-0.2, -0.15) is 0 Å². The topological polar surface area (TPSA) is 32.3 Å². The van der Waals surface area contributed by atoms with Gasteiger partial charge in [-0.3, -0.25) is 0 Å². The van der Waals surface area contributed by atoms with E-state index in [4.69, 9.17) is 5.11 Å². The van der Waals surface area contributed by atoms with Crippen LogP contribution in [0.2, 0.25) is 0 Å². The van der Waals surface area contributed by atoms with E-state index in [1.807, 2.05) is 0 Å². The first-order valence-electron chi connectivity index (χ1n) is 4.27. The Morgan fingerprint density at radius 1 is 1.45 bits per heavy atom. The zero-order chi connectivity index (χ0) is 8.10. The fraction of sp³-hybridized carbons (Fsp3) is 1.00. The van der Waals surface area contributed by atoms with Crippen molar-refractivity contribution in [1.29, 1.82) is 0 Å². The monoisotopic (exact) mass is 161 g/mol. The summed E-state index contributed by atoms with van der Waals surface area (Å²) in [5, 5.41) is 12.2. The van der Waals surface area contributed by atoms with Gasteiger partial charge in [-0.05, 0) is 31.7 Å². The summed E-state index contributed by atoms with van der Waals surface area (Å²) in [5.74, 6) is 0.566. The number of nitrogens with one attached hydrogen (secondary N) is 1. The molecule has 0 bridgehead atoms. The lowest BCUT2D eigenvalue weighted by atomic mass is 10.1. The molecule has 66 valence electrons. The molecule has 0 aliphatic heterocycles. The van der Waals surface area contributed by atoms with Gasteiger partial charge in [0, 0.05) is 6.54 Å². The van der Waals surface area contributed by atoms with Crippen LogP contribution in [0.3, 0.4) is 0 Å². The van der Waals surface area contributed by atoms with Crippen molar-refractivity contribution in [3.63, 3.8) is 0 Å². The molecule has 1 aliphatic carbocycles. The molecular formula is C8H16FNO. The predicted octanol–water partition coefficient (Wildman–Crippen LogP) is 0.706. The second kappa shape index (κ2) is 4.67. The predicted molar refractivity (Wildman–Crippen MR) is 42.2 cm³/mol. The van der Waals surface area contributed by atoms with E-state index in [-0.39, 0.29) is 12.8 Å². The molecule has 2 unspecified atom stereocenters. The van der Waals surface area contributed by atoms with Crippen LogP contribution >= 0.6 is 0 Å². The van der Waals surface area contributed by atoms with Gasteiger partial charge in [-0.1, -0.05) is 0 Å². The van der Waals surface area contributed by atoms with E-state index in [1.165, 1.54) is 0 Å². The summed E-state index contributed by atoms with van der Waals surface area (Å²) < 4.78 is 11.6. The first kappa shape index (κ1) is 8.94. The molecule has 0 heterocycles. The SMILES string of the molecule is OC1CCC(CNCCF)C1. The largest absolute Gasteiger partial charge is 0.393 e. The Balaban J connectivity index is 1.99. The molecule has 1 saturated carbocycles. The molecule has 2 nitrogen and oxygen atoms in total. The van der Waals surface area contributed by atoms with Gasteiger partial charge in [0.05, 0.1) is 6.10 Å². The average Bonchev–Trinajstić information content (AvgIpc) is 2.37. The number of hydrogen-bond acceptors (Lipinski definition) is 2. The highest BCUT2D eigenvalue weighted by Crippen LogP contribution is 2.24. The van der Waals surface area contributed by atoms with E-state index < -0.39 is 0 Å². The van der Waals surface area contributed by atoms with Gasteiger partial charge in [-0.15, -0.1) is 0 Å². The van der Waals surface area contributed by atoms with E-state index >= 15 is 0 Å². The maximum absolute atomic E-state index is 11.6. The smallest absolute Gasteiger partial charge is 0.102 e. The fourth-order valence-electron chi connectivity index (χ4n) is 1.61. The van der Waals surface area contributed by atoms with Crippen LogP contribution in [0.25, 0.3) is 0 Å². The summed E-state index contributed by atoms with van der Waals surface area (Å²) in [5.41, 5.74) is 0. The van der Waals surface area contributed by atoms with Crippen LogP contribution in [0.1, 0.15) is 19.3 Å². The zero-order valence-corrected chi connectivity index (χ0v) is 6.72. The maximum atomic E-state index is 11.6. The molecule has 0 amide bonds. The minimum Gasteiger partial charge on any atom is -0.393 e. The molecular weight excluding hydrogens is 145 g/mol. The van der Waals surface area contributed by atoms with Crippen LogP contribution < -0.4 is 5.32 Å². The first-order chi connectivity index (χ1) is 5.33. The van der Waals surface area contributed by atoms with Crippen molar-refractivity contribution in [1.82, 2.24) is 5.32 Å². The normalized spacial score (nSPS) is 31.1. The third-order valence-electron chi connectivity index (χ3n) is 2.22. The van der Waals surface area contributed by atoms with E-state index in [2.05, 4.69) is 5.32 Å². The van der Waals surface area contributed by atoms with Crippen molar-refractivity contribution in [3.05, 3.63) is 0 Å². The number of alkyl halides is 1. The van der Waals surface area contributed by atoms with Crippen molar-refractivity contribution in [2.45, 2.75) is 25.4 Å². The molecule has 0 radical (unpaired) electrons. The Bertz CT molecular complexity index is 110. The molecule has 1 rings (SSSR count). The lowest BCUT2D eigenvalue weighted by molar-refractivity contribution is 0.177. The van der Waals surface area contributed by atoms with Gasteiger partial charge < -0.3 is 10.4 Å². The minimum absolute atomic E-state index is 0.104. The highest BCUT2D eigenvalue weighted by molar-refractivity contribution is 4.75. The number of aliphatic hydroxyl groups excluding tert-OH is 1. The highest BCUT2D eigenvalue weighted by Gasteiger charge is 2.21. The molecule has 0 aromatic heterocycles. The van der Waals surface area contributed by atoms with Gasteiger partial charge in [-0.25, -0.2) is 4.39 Å². The van der Waals surface area contributed by atoms with Crippen molar-refractivity contribution in [3.8, 4) is 0 Å². The number of rotatable bonds is 4. The van der Waals surface area contributed by atoms with Crippen LogP contribution in [-0.2, 0) is 0 Å². The Morgan fingerprint density at radius 2 is 2.27 bits per heavy atom. The Labute approximate surface area is 66.8 Å². The van der Waals surface area contributed by atoms with Gasteiger partial charge in [0.2, 0.25) is 0 Å². The van der Waals surface area contributed by atoms with Gasteiger partial charge in [0.15, 0.2) is 0 Å². The Morgan fingerprint density at radius 3 is 2.82 bits per heavy atom.